The summed E-state index contributed by atoms with van der Waals surface area (Å²) >= 11 is 0. The van der Waals surface area contributed by atoms with Gasteiger partial charge < -0.3 is 5.32 Å². The van der Waals surface area contributed by atoms with Gasteiger partial charge in [-0.1, -0.05) is 48.5 Å². The summed E-state index contributed by atoms with van der Waals surface area (Å²) in [5.41, 5.74) is 2.91. The molecule has 0 spiro atoms. The van der Waals surface area contributed by atoms with Gasteiger partial charge in [-0.3, -0.25) is 14.5 Å². The van der Waals surface area contributed by atoms with Crippen molar-refractivity contribution in [3.05, 3.63) is 101 Å². The van der Waals surface area contributed by atoms with Gasteiger partial charge in [-0.2, -0.15) is 0 Å². The molecule has 1 N–H and O–H groups in total. The average Bonchev–Trinajstić information content (AvgIpc) is 3.12. The van der Waals surface area contributed by atoms with E-state index in [-0.39, 0.29) is 24.2 Å². The van der Waals surface area contributed by atoms with Crippen LogP contribution < -0.4 is 10.2 Å². The molecule has 2 amide bonds. The van der Waals surface area contributed by atoms with Crippen LogP contribution >= 0.6 is 0 Å². The maximum Gasteiger partial charge on any atom is 0.259 e. The van der Waals surface area contributed by atoms with E-state index < -0.39 is 6.04 Å². The zero-order valence-corrected chi connectivity index (χ0v) is 15.1. The Morgan fingerprint density at radius 1 is 0.964 bits per heavy atom. The lowest BCUT2D eigenvalue weighted by molar-refractivity contribution is -0.122. The lowest BCUT2D eigenvalue weighted by Crippen LogP contribution is -2.48. The van der Waals surface area contributed by atoms with Crippen LogP contribution in [0.15, 0.2) is 78.9 Å². The minimum atomic E-state index is -0.640. The molecule has 0 fully saturated rings. The SMILES string of the molecule is O=C(NCc1cccc(F)c1)[C@@H]1Cc2ccccc2N1C(=O)c1ccccc1. The van der Waals surface area contributed by atoms with Crippen LogP contribution in [0.5, 0.6) is 0 Å². The van der Waals surface area contributed by atoms with E-state index in [0.717, 1.165) is 11.3 Å². The van der Waals surface area contributed by atoms with E-state index in [9.17, 15) is 14.0 Å². The molecule has 4 nitrogen and oxygen atoms in total. The fraction of sp³-hybridized carbons (Fsp3) is 0.130. The zero-order chi connectivity index (χ0) is 19.5. The summed E-state index contributed by atoms with van der Waals surface area (Å²) < 4.78 is 13.4. The van der Waals surface area contributed by atoms with Gasteiger partial charge in [0.05, 0.1) is 0 Å². The van der Waals surface area contributed by atoms with Crippen molar-refractivity contribution >= 4 is 17.5 Å². The third-order valence-electron chi connectivity index (χ3n) is 4.87. The predicted octanol–water partition coefficient (Wildman–Crippen LogP) is 3.71. The summed E-state index contributed by atoms with van der Waals surface area (Å²) in [5, 5.41) is 2.84. The number of fused-ring (bicyclic) bond motifs is 1. The molecule has 0 saturated carbocycles. The first-order valence-corrected chi connectivity index (χ1v) is 9.12. The standard InChI is InChI=1S/C23H19FN2O2/c24-19-11-6-7-16(13-19)15-25-22(27)21-14-18-10-4-5-12-20(18)26(21)23(28)17-8-2-1-3-9-17/h1-13,21H,14-15H2,(H,25,27)/t21-/m0/s1. The second-order valence-electron chi connectivity index (χ2n) is 6.74. The Bertz CT molecular complexity index is 1020. The highest BCUT2D eigenvalue weighted by molar-refractivity contribution is 6.11. The highest BCUT2D eigenvalue weighted by atomic mass is 19.1. The smallest absolute Gasteiger partial charge is 0.259 e. The summed E-state index contributed by atoms with van der Waals surface area (Å²) in [4.78, 5) is 27.6. The van der Waals surface area contributed by atoms with Crippen molar-refractivity contribution < 1.29 is 14.0 Å². The lowest BCUT2D eigenvalue weighted by atomic mass is 10.1. The Morgan fingerprint density at radius 2 is 1.71 bits per heavy atom. The molecule has 1 aliphatic heterocycles. The first kappa shape index (κ1) is 17.9. The quantitative estimate of drug-likeness (QED) is 0.757. The van der Waals surface area contributed by atoms with Crippen LogP contribution in [0.1, 0.15) is 21.5 Å². The molecule has 28 heavy (non-hydrogen) atoms. The van der Waals surface area contributed by atoms with Crippen molar-refractivity contribution in [2.45, 2.75) is 19.0 Å². The molecule has 1 atom stereocenters. The third kappa shape index (κ3) is 3.51. The highest BCUT2D eigenvalue weighted by Crippen LogP contribution is 2.33. The van der Waals surface area contributed by atoms with E-state index in [1.165, 1.54) is 12.1 Å². The van der Waals surface area contributed by atoms with Gasteiger partial charge in [0.15, 0.2) is 0 Å². The normalized spacial score (nSPS) is 15.2. The van der Waals surface area contributed by atoms with Crippen LogP contribution in [0.2, 0.25) is 0 Å². The van der Waals surface area contributed by atoms with E-state index in [4.69, 9.17) is 0 Å². The van der Waals surface area contributed by atoms with Crippen LogP contribution in [0.3, 0.4) is 0 Å². The van der Waals surface area contributed by atoms with E-state index in [1.54, 1.807) is 41.3 Å². The van der Waals surface area contributed by atoms with Crippen LogP contribution in [-0.4, -0.2) is 17.9 Å². The second-order valence-corrected chi connectivity index (χ2v) is 6.74. The molecule has 4 rings (SSSR count). The lowest BCUT2D eigenvalue weighted by Gasteiger charge is -2.25. The molecule has 0 bridgehead atoms. The molecule has 3 aromatic rings. The number of rotatable bonds is 4. The molecule has 0 aromatic heterocycles. The van der Waals surface area contributed by atoms with Crippen LogP contribution in [0.25, 0.3) is 0 Å². The maximum absolute atomic E-state index is 13.4. The minimum absolute atomic E-state index is 0.205. The molecule has 0 saturated heterocycles. The molecule has 0 radical (unpaired) electrons. The van der Waals surface area contributed by atoms with Crippen molar-refractivity contribution in [1.82, 2.24) is 5.32 Å². The summed E-state index contributed by atoms with van der Waals surface area (Å²) in [6, 6.07) is 21.9. The fourth-order valence-electron chi connectivity index (χ4n) is 3.52. The Labute approximate surface area is 162 Å². The van der Waals surface area contributed by atoms with E-state index in [2.05, 4.69) is 5.32 Å². The van der Waals surface area contributed by atoms with Crippen molar-refractivity contribution in [3.8, 4) is 0 Å². The first-order chi connectivity index (χ1) is 13.6. The number of anilines is 1. The monoisotopic (exact) mass is 374 g/mol. The average molecular weight is 374 g/mol. The minimum Gasteiger partial charge on any atom is -0.350 e. The Kier molecular flexibility index (Phi) is 4.89. The molecule has 1 heterocycles. The van der Waals surface area contributed by atoms with Gasteiger partial charge in [0.2, 0.25) is 5.91 Å². The summed E-state index contributed by atoms with van der Waals surface area (Å²) in [6.45, 7) is 0.205. The summed E-state index contributed by atoms with van der Waals surface area (Å²) in [5.74, 6) is -0.817. The number of para-hydroxylation sites is 1. The molecule has 5 heteroatoms. The highest BCUT2D eigenvalue weighted by Gasteiger charge is 2.38. The van der Waals surface area contributed by atoms with Gasteiger partial charge in [0.25, 0.3) is 5.91 Å². The second kappa shape index (κ2) is 7.64. The number of halogens is 1. The molecule has 1 aliphatic rings. The zero-order valence-electron chi connectivity index (χ0n) is 15.1. The van der Waals surface area contributed by atoms with Gasteiger partial charge in [-0.05, 0) is 41.5 Å². The van der Waals surface area contributed by atoms with Crippen molar-refractivity contribution in [2.24, 2.45) is 0 Å². The van der Waals surface area contributed by atoms with E-state index >= 15 is 0 Å². The van der Waals surface area contributed by atoms with Gasteiger partial charge in [0.1, 0.15) is 11.9 Å². The van der Waals surface area contributed by atoms with Crippen LogP contribution in [0, 0.1) is 5.82 Å². The molecule has 0 aliphatic carbocycles. The van der Waals surface area contributed by atoms with Gasteiger partial charge in [-0.15, -0.1) is 0 Å². The van der Waals surface area contributed by atoms with Gasteiger partial charge in [0, 0.05) is 24.2 Å². The molecule has 0 unspecified atom stereocenters. The molecular weight excluding hydrogens is 355 g/mol. The Morgan fingerprint density at radius 3 is 2.50 bits per heavy atom. The predicted molar refractivity (Wildman–Crippen MR) is 105 cm³/mol. The van der Waals surface area contributed by atoms with Crippen molar-refractivity contribution in [2.75, 3.05) is 4.90 Å². The number of benzene rings is 3. The molecular formula is C23H19FN2O2. The fourth-order valence-corrected chi connectivity index (χ4v) is 3.52. The molecule has 3 aromatic carbocycles. The van der Waals surface area contributed by atoms with Crippen LogP contribution in [0.4, 0.5) is 10.1 Å². The maximum atomic E-state index is 13.4. The first-order valence-electron chi connectivity index (χ1n) is 9.12. The largest absolute Gasteiger partial charge is 0.350 e. The number of hydrogen-bond acceptors (Lipinski definition) is 2. The van der Waals surface area contributed by atoms with Crippen molar-refractivity contribution in [3.63, 3.8) is 0 Å². The summed E-state index contributed by atoms with van der Waals surface area (Å²) in [6.07, 6.45) is 0.448. The van der Waals surface area contributed by atoms with Crippen molar-refractivity contribution in [1.29, 1.82) is 0 Å². The number of amides is 2. The molecule has 140 valence electrons. The number of carbonyl (C=O) groups is 2. The Hall–Kier alpha value is -3.47. The van der Waals surface area contributed by atoms with Gasteiger partial charge >= 0.3 is 0 Å². The third-order valence-corrected chi connectivity index (χ3v) is 4.87. The van der Waals surface area contributed by atoms with E-state index in [1.807, 2.05) is 30.3 Å². The van der Waals surface area contributed by atoms with E-state index in [0.29, 0.717) is 17.5 Å². The number of nitrogens with one attached hydrogen (secondary N) is 1. The number of hydrogen-bond donors (Lipinski definition) is 1. The number of carbonyl (C=O) groups excluding carboxylic acids is 2. The topological polar surface area (TPSA) is 49.4 Å². The number of nitrogens with zero attached hydrogens (tertiary/aromatic N) is 1. The summed E-state index contributed by atoms with van der Waals surface area (Å²) in [7, 11) is 0. The Balaban J connectivity index is 1.58. The van der Waals surface area contributed by atoms with Gasteiger partial charge in [-0.25, -0.2) is 4.39 Å². The van der Waals surface area contributed by atoms with Crippen LogP contribution in [-0.2, 0) is 17.8 Å².